The molecule has 0 aliphatic heterocycles. The maximum Gasteiger partial charge on any atom is 0.199 e. The van der Waals surface area contributed by atoms with Gasteiger partial charge in [0.1, 0.15) is 0 Å². The molecule has 44 heavy (non-hydrogen) atoms. The van der Waals surface area contributed by atoms with Crippen LogP contribution in [-0.2, 0) is 24.4 Å². The summed E-state index contributed by atoms with van der Waals surface area (Å²) in [5.41, 5.74) is 2.85. The summed E-state index contributed by atoms with van der Waals surface area (Å²) in [6, 6.07) is 16.4. The fraction of sp³-hybridized carbons (Fsp3) is 0.568. The first-order valence-corrected chi connectivity index (χ1v) is 19.3. The smallest absolute Gasteiger partial charge is 0.199 e. The Morgan fingerprint density at radius 1 is 0.682 bits per heavy atom. The zero-order chi connectivity index (χ0) is 30.9. The molecule has 5 fully saturated rings. The van der Waals surface area contributed by atoms with Crippen molar-refractivity contribution in [3.8, 4) is 0 Å². The van der Waals surface area contributed by atoms with E-state index in [0.29, 0.717) is 17.4 Å². The normalized spacial score (nSPS) is 35.8. The molecule has 236 valence electrons. The highest BCUT2D eigenvalue weighted by molar-refractivity contribution is 8.10. The van der Waals surface area contributed by atoms with Crippen LogP contribution in [0.5, 0.6) is 0 Å². The van der Waals surface area contributed by atoms with E-state index >= 15 is 0 Å². The number of hydrogen-bond acceptors (Lipinski definition) is 5. The van der Waals surface area contributed by atoms with E-state index in [-0.39, 0.29) is 28.0 Å². The molecule has 5 saturated carbocycles. The average Bonchev–Trinajstić information content (AvgIpc) is 3.82. The quantitative estimate of drug-likeness (QED) is 0.299. The lowest BCUT2D eigenvalue weighted by Gasteiger charge is -2.34. The van der Waals surface area contributed by atoms with Gasteiger partial charge in [-0.1, -0.05) is 60.2 Å². The van der Waals surface area contributed by atoms with Gasteiger partial charge in [0.15, 0.2) is 23.8 Å². The van der Waals surface area contributed by atoms with E-state index in [2.05, 4.69) is 6.58 Å². The van der Waals surface area contributed by atoms with Gasteiger partial charge in [-0.2, -0.15) is 0 Å². The number of benzene rings is 2. The van der Waals surface area contributed by atoms with Crippen LogP contribution in [0.25, 0.3) is 0 Å². The van der Waals surface area contributed by atoms with E-state index in [9.17, 15) is 16.8 Å². The highest BCUT2D eigenvalue weighted by Crippen LogP contribution is 2.74. The van der Waals surface area contributed by atoms with E-state index < -0.39 is 29.2 Å². The third-order valence-electron chi connectivity index (χ3n) is 12.7. The van der Waals surface area contributed by atoms with Crippen molar-refractivity contribution in [3.63, 3.8) is 0 Å². The van der Waals surface area contributed by atoms with Crippen molar-refractivity contribution in [3.05, 3.63) is 84.5 Å². The van der Waals surface area contributed by atoms with Crippen LogP contribution < -0.4 is 0 Å². The first-order chi connectivity index (χ1) is 20.9. The third kappa shape index (κ3) is 4.54. The van der Waals surface area contributed by atoms with Gasteiger partial charge in [0.05, 0.1) is 16.4 Å². The van der Waals surface area contributed by atoms with Gasteiger partial charge in [0.2, 0.25) is 0 Å². The van der Waals surface area contributed by atoms with Crippen LogP contribution in [0, 0.1) is 21.7 Å². The summed E-state index contributed by atoms with van der Waals surface area (Å²) in [6.07, 6.45) is 16.0. The molecule has 5 aliphatic carbocycles. The van der Waals surface area contributed by atoms with E-state index in [4.69, 9.17) is 4.74 Å². The molecule has 0 saturated heterocycles. The van der Waals surface area contributed by atoms with Gasteiger partial charge in [-0.05, 0) is 129 Å². The Bertz CT molecular complexity index is 1630. The molecule has 0 aromatic heterocycles. The van der Waals surface area contributed by atoms with E-state index in [1.807, 2.05) is 6.08 Å². The molecular formula is C37H46O5S2. The van der Waals surface area contributed by atoms with Crippen LogP contribution in [-0.4, -0.2) is 34.6 Å². The Kier molecular flexibility index (Phi) is 7.19. The zero-order valence-corrected chi connectivity index (χ0v) is 27.7. The molecule has 4 atom stereocenters. The van der Waals surface area contributed by atoms with Crippen molar-refractivity contribution < 1.29 is 21.6 Å². The van der Waals surface area contributed by atoms with Crippen molar-refractivity contribution >= 4 is 19.7 Å². The molecule has 4 spiro atoms. The lowest BCUT2D eigenvalue weighted by Crippen LogP contribution is -2.45. The largest absolute Gasteiger partial charge is 0.381 e. The van der Waals surface area contributed by atoms with Crippen molar-refractivity contribution in [1.29, 1.82) is 0 Å². The number of methoxy groups -OCH3 is 1. The second kappa shape index (κ2) is 10.4. The first kappa shape index (κ1) is 30.4. The maximum atomic E-state index is 14.8. The van der Waals surface area contributed by atoms with Gasteiger partial charge in [-0.15, -0.1) is 0 Å². The fourth-order valence-electron chi connectivity index (χ4n) is 10.9. The van der Waals surface area contributed by atoms with Crippen LogP contribution >= 0.6 is 0 Å². The number of ether oxygens (including phenoxy) is 1. The molecule has 7 heteroatoms. The number of sulfone groups is 2. The molecule has 0 bridgehead atoms. The molecule has 2 aromatic rings. The monoisotopic (exact) mass is 634 g/mol. The summed E-state index contributed by atoms with van der Waals surface area (Å²) in [6.45, 7) is 4.66. The molecule has 2 aromatic carbocycles. The molecule has 0 radical (unpaired) electrons. The summed E-state index contributed by atoms with van der Waals surface area (Å²) in [4.78, 5) is 0.147. The van der Waals surface area contributed by atoms with Crippen LogP contribution in [0.15, 0.2) is 94.3 Å². The van der Waals surface area contributed by atoms with Crippen LogP contribution in [0.2, 0.25) is 0 Å². The minimum Gasteiger partial charge on any atom is -0.381 e. The van der Waals surface area contributed by atoms with Crippen LogP contribution in [0.1, 0.15) is 89.9 Å². The Hall–Kier alpha value is -2.22. The molecule has 4 unspecified atom stereocenters. The second-order valence-corrected chi connectivity index (χ2v) is 20.1. The Balaban J connectivity index is 1.29. The van der Waals surface area contributed by atoms with E-state index in [1.54, 1.807) is 67.8 Å². The van der Waals surface area contributed by atoms with Gasteiger partial charge in [-0.25, -0.2) is 16.8 Å². The van der Waals surface area contributed by atoms with Crippen molar-refractivity contribution in [1.82, 2.24) is 0 Å². The fourth-order valence-corrected chi connectivity index (χ4v) is 16.1. The Morgan fingerprint density at radius 3 is 1.75 bits per heavy atom. The standard InChI is InChI=1S/C37H46O5S2/c1-29-13-15-33(23-29)16-17-34(25-33)18-19-35(26-34)20-21-36(27-35)28-37(24-30(36)14-22-42-2,43(38,39)31-9-5-3-6-10-31)44(40,41)32-11-7-4-8-12-32/h3-12,14H,1,13,15-28H2,2H3/b30-14+. The molecule has 0 heterocycles. The predicted molar refractivity (Wildman–Crippen MR) is 173 cm³/mol. The molecule has 0 amide bonds. The molecule has 5 aliphatic rings. The van der Waals surface area contributed by atoms with Crippen molar-refractivity contribution in [2.75, 3.05) is 13.7 Å². The number of rotatable bonds is 6. The first-order valence-electron chi connectivity index (χ1n) is 16.4. The van der Waals surface area contributed by atoms with Gasteiger partial charge >= 0.3 is 0 Å². The molecule has 7 rings (SSSR count). The summed E-state index contributed by atoms with van der Waals surface area (Å²) in [5, 5.41) is 0. The van der Waals surface area contributed by atoms with E-state index in [0.717, 1.165) is 31.3 Å². The van der Waals surface area contributed by atoms with Gasteiger partial charge < -0.3 is 4.74 Å². The third-order valence-corrected chi connectivity index (χ3v) is 18.3. The number of hydrogen-bond donors (Lipinski definition) is 0. The Labute approximate surface area is 264 Å². The molecule has 0 N–H and O–H groups in total. The maximum absolute atomic E-state index is 14.8. The molecular weight excluding hydrogens is 589 g/mol. The average molecular weight is 635 g/mol. The van der Waals surface area contributed by atoms with Crippen molar-refractivity contribution in [2.24, 2.45) is 21.7 Å². The van der Waals surface area contributed by atoms with E-state index in [1.165, 1.54) is 56.9 Å². The highest BCUT2D eigenvalue weighted by atomic mass is 32.3. The minimum atomic E-state index is -4.28. The van der Waals surface area contributed by atoms with Gasteiger partial charge in [0.25, 0.3) is 0 Å². The summed E-state index contributed by atoms with van der Waals surface area (Å²) < 4.78 is 62.6. The topological polar surface area (TPSA) is 77.5 Å². The van der Waals surface area contributed by atoms with Crippen LogP contribution in [0.4, 0.5) is 0 Å². The SMILES string of the molecule is C=C1CCC2(CCC3(CCC4(CCC5(C4)CC(S(=O)(=O)c4ccccc4)(S(=O)(=O)c4ccccc4)C/C5=C\COC)C3)C2)C1. The van der Waals surface area contributed by atoms with Crippen LogP contribution in [0.3, 0.4) is 0 Å². The zero-order valence-electron chi connectivity index (χ0n) is 26.0. The second-order valence-electron chi connectivity index (χ2n) is 15.3. The summed E-state index contributed by atoms with van der Waals surface area (Å²) in [5.74, 6) is 0. The predicted octanol–water partition coefficient (Wildman–Crippen LogP) is 8.23. The van der Waals surface area contributed by atoms with Gasteiger partial charge in [0, 0.05) is 13.5 Å². The summed E-state index contributed by atoms with van der Waals surface area (Å²) >= 11 is 0. The minimum absolute atomic E-state index is 0.0166. The Morgan fingerprint density at radius 2 is 1.20 bits per heavy atom. The summed E-state index contributed by atoms with van der Waals surface area (Å²) in [7, 11) is -6.93. The molecule has 5 nitrogen and oxygen atoms in total. The number of allylic oxidation sites excluding steroid dienone is 2. The lowest BCUT2D eigenvalue weighted by molar-refractivity contribution is 0.188. The lowest BCUT2D eigenvalue weighted by atomic mass is 9.72. The van der Waals surface area contributed by atoms with Gasteiger partial charge in [-0.3, -0.25) is 0 Å². The highest BCUT2D eigenvalue weighted by Gasteiger charge is 2.69. The van der Waals surface area contributed by atoms with Crippen molar-refractivity contribution in [2.45, 2.75) is 104 Å².